The second-order valence-corrected chi connectivity index (χ2v) is 4.45. The van der Waals surface area contributed by atoms with Gasteiger partial charge >= 0.3 is 0 Å². The van der Waals surface area contributed by atoms with Crippen molar-refractivity contribution in [1.82, 2.24) is 4.98 Å². The summed E-state index contributed by atoms with van der Waals surface area (Å²) in [7, 11) is 1.68. The van der Waals surface area contributed by atoms with Gasteiger partial charge in [0.05, 0.1) is 7.11 Å². The van der Waals surface area contributed by atoms with Crippen molar-refractivity contribution < 1.29 is 4.74 Å². The largest absolute Gasteiger partial charge is 0.493 e. The Bertz CT molecular complexity index is 332. The summed E-state index contributed by atoms with van der Waals surface area (Å²) in [6.07, 6.45) is 6.83. The maximum Gasteiger partial charge on any atom is 0.169 e. The van der Waals surface area contributed by atoms with Gasteiger partial charge in [-0.1, -0.05) is 12.8 Å². The summed E-state index contributed by atoms with van der Waals surface area (Å²) in [5.41, 5.74) is 0.196. The molecule has 1 aliphatic carbocycles. The van der Waals surface area contributed by atoms with E-state index in [1.165, 1.54) is 25.7 Å². The molecule has 0 spiro atoms. The normalized spacial score (nSPS) is 18.8. The van der Waals surface area contributed by atoms with Gasteiger partial charge in [0.1, 0.15) is 0 Å². The van der Waals surface area contributed by atoms with E-state index < -0.39 is 0 Å². The van der Waals surface area contributed by atoms with E-state index in [-0.39, 0.29) is 5.54 Å². The molecule has 1 heterocycles. The minimum Gasteiger partial charge on any atom is -0.493 e. The molecule has 1 aliphatic rings. The molecule has 1 saturated carbocycles. The first-order chi connectivity index (χ1) is 7.23. The van der Waals surface area contributed by atoms with Gasteiger partial charge in [-0.15, -0.1) is 0 Å². The zero-order valence-electron chi connectivity index (χ0n) is 9.42. The molecule has 0 aromatic carbocycles. The zero-order chi connectivity index (χ0) is 10.7. The van der Waals surface area contributed by atoms with Gasteiger partial charge < -0.3 is 10.1 Å². The third-order valence-electron chi connectivity index (χ3n) is 3.12. The molecular weight excluding hydrogens is 188 g/mol. The highest BCUT2D eigenvalue weighted by Gasteiger charge is 2.29. The fraction of sp³-hybridized carbons (Fsp3) is 0.583. The van der Waals surface area contributed by atoms with E-state index in [0.29, 0.717) is 0 Å². The van der Waals surface area contributed by atoms with E-state index in [1.807, 2.05) is 12.1 Å². The molecule has 3 heteroatoms. The molecule has 0 saturated heterocycles. The van der Waals surface area contributed by atoms with Crippen molar-refractivity contribution in [1.29, 1.82) is 0 Å². The van der Waals surface area contributed by atoms with E-state index in [0.717, 1.165) is 11.6 Å². The monoisotopic (exact) mass is 206 g/mol. The molecule has 0 atom stereocenters. The second kappa shape index (κ2) is 4.09. The number of rotatable bonds is 3. The first kappa shape index (κ1) is 10.3. The van der Waals surface area contributed by atoms with Gasteiger partial charge in [-0.2, -0.15) is 0 Å². The average Bonchev–Trinajstić information content (AvgIpc) is 2.66. The first-order valence-corrected chi connectivity index (χ1v) is 5.51. The SMILES string of the molecule is COc1cccnc1NC1(C)CCCC1. The number of methoxy groups -OCH3 is 1. The summed E-state index contributed by atoms with van der Waals surface area (Å²) in [6, 6.07) is 3.83. The number of ether oxygens (including phenoxy) is 1. The van der Waals surface area contributed by atoms with Crippen LogP contribution in [-0.2, 0) is 0 Å². The lowest BCUT2D eigenvalue weighted by Gasteiger charge is -2.26. The third-order valence-corrected chi connectivity index (χ3v) is 3.12. The highest BCUT2D eigenvalue weighted by Crippen LogP contribution is 2.34. The number of nitrogens with one attached hydrogen (secondary N) is 1. The molecule has 1 fully saturated rings. The van der Waals surface area contributed by atoms with Crippen LogP contribution < -0.4 is 10.1 Å². The number of anilines is 1. The van der Waals surface area contributed by atoms with Crippen LogP contribution in [-0.4, -0.2) is 17.6 Å². The van der Waals surface area contributed by atoms with Crippen LogP contribution in [0.25, 0.3) is 0 Å². The summed E-state index contributed by atoms with van der Waals surface area (Å²) in [5, 5.41) is 3.50. The molecule has 1 N–H and O–H groups in total. The molecule has 0 radical (unpaired) electrons. The van der Waals surface area contributed by atoms with Crippen LogP contribution in [0, 0.1) is 0 Å². The predicted octanol–water partition coefficient (Wildman–Crippen LogP) is 2.83. The first-order valence-electron chi connectivity index (χ1n) is 5.51. The molecule has 3 nitrogen and oxygen atoms in total. The standard InChI is InChI=1S/C12H18N2O/c1-12(7-3-4-8-12)14-11-10(15-2)6-5-9-13-11/h5-6,9H,3-4,7-8H2,1-2H3,(H,13,14). The maximum atomic E-state index is 5.28. The van der Waals surface area contributed by atoms with Crippen LogP contribution in [0.15, 0.2) is 18.3 Å². The fourth-order valence-electron chi connectivity index (χ4n) is 2.22. The molecule has 0 bridgehead atoms. The molecule has 0 amide bonds. The molecule has 1 aromatic rings. The van der Waals surface area contributed by atoms with Crippen molar-refractivity contribution in [2.45, 2.75) is 38.1 Å². The van der Waals surface area contributed by atoms with Crippen molar-refractivity contribution >= 4 is 5.82 Å². The Morgan fingerprint density at radius 2 is 2.13 bits per heavy atom. The summed E-state index contributed by atoms with van der Waals surface area (Å²) < 4.78 is 5.28. The number of aromatic nitrogens is 1. The Labute approximate surface area is 90.9 Å². The second-order valence-electron chi connectivity index (χ2n) is 4.45. The topological polar surface area (TPSA) is 34.1 Å². The van der Waals surface area contributed by atoms with Gasteiger partial charge in [-0.3, -0.25) is 0 Å². The highest BCUT2D eigenvalue weighted by atomic mass is 16.5. The highest BCUT2D eigenvalue weighted by molar-refractivity contribution is 5.51. The smallest absolute Gasteiger partial charge is 0.169 e. The van der Waals surface area contributed by atoms with Crippen LogP contribution in [0.5, 0.6) is 5.75 Å². The summed E-state index contributed by atoms with van der Waals surface area (Å²) in [6.45, 7) is 2.26. The van der Waals surface area contributed by atoms with E-state index in [9.17, 15) is 0 Å². The summed E-state index contributed by atoms with van der Waals surface area (Å²) >= 11 is 0. The van der Waals surface area contributed by atoms with Crippen LogP contribution in [0.1, 0.15) is 32.6 Å². The predicted molar refractivity (Wildman–Crippen MR) is 61.3 cm³/mol. The molecular formula is C12H18N2O. The van der Waals surface area contributed by atoms with Gasteiger partial charge in [0.2, 0.25) is 0 Å². The minimum atomic E-state index is 0.196. The number of hydrogen-bond acceptors (Lipinski definition) is 3. The lowest BCUT2D eigenvalue weighted by Crippen LogP contribution is -2.31. The molecule has 1 aromatic heterocycles. The van der Waals surface area contributed by atoms with E-state index in [4.69, 9.17) is 4.74 Å². The van der Waals surface area contributed by atoms with Gasteiger partial charge in [0.25, 0.3) is 0 Å². The third kappa shape index (κ3) is 2.22. The zero-order valence-corrected chi connectivity index (χ0v) is 9.42. The molecule has 0 aliphatic heterocycles. The Balaban J connectivity index is 2.16. The molecule has 15 heavy (non-hydrogen) atoms. The molecule has 2 rings (SSSR count). The van der Waals surface area contributed by atoms with Crippen molar-refractivity contribution in [3.63, 3.8) is 0 Å². The minimum absolute atomic E-state index is 0.196. The average molecular weight is 206 g/mol. The number of nitrogens with zero attached hydrogens (tertiary/aromatic N) is 1. The number of pyridine rings is 1. The summed E-state index contributed by atoms with van der Waals surface area (Å²) in [4.78, 5) is 4.32. The maximum absolute atomic E-state index is 5.28. The van der Waals surface area contributed by atoms with Crippen molar-refractivity contribution in [3.05, 3.63) is 18.3 Å². The lowest BCUT2D eigenvalue weighted by molar-refractivity contribution is 0.411. The Kier molecular flexibility index (Phi) is 2.80. The Hall–Kier alpha value is -1.25. The van der Waals surface area contributed by atoms with Gasteiger partial charge in [0, 0.05) is 11.7 Å². The van der Waals surface area contributed by atoms with Crippen LogP contribution in [0.2, 0.25) is 0 Å². The van der Waals surface area contributed by atoms with Crippen molar-refractivity contribution in [2.75, 3.05) is 12.4 Å². The van der Waals surface area contributed by atoms with Gasteiger partial charge in [-0.25, -0.2) is 4.98 Å². The van der Waals surface area contributed by atoms with Crippen molar-refractivity contribution in [2.24, 2.45) is 0 Å². The van der Waals surface area contributed by atoms with Crippen LogP contribution >= 0.6 is 0 Å². The Morgan fingerprint density at radius 3 is 2.80 bits per heavy atom. The van der Waals surface area contributed by atoms with Crippen molar-refractivity contribution in [3.8, 4) is 5.75 Å². The molecule has 82 valence electrons. The van der Waals surface area contributed by atoms with Gasteiger partial charge in [-0.05, 0) is 31.9 Å². The fourth-order valence-corrected chi connectivity index (χ4v) is 2.22. The van der Waals surface area contributed by atoms with E-state index in [1.54, 1.807) is 13.3 Å². The lowest BCUT2D eigenvalue weighted by atomic mass is 10.0. The Morgan fingerprint density at radius 1 is 1.40 bits per heavy atom. The van der Waals surface area contributed by atoms with E-state index in [2.05, 4.69) is 17.2 Å². The van der Waals surface area contributed by atoms with Gasteiger partial charge in [0.15, 0.2) is 11.6 Å². The molecule has 0 unspecified atom stereocenters. The summed E-state index contributed by atoms with van der Waals surface area (Å²) in [5.74, 6) is 1.69. The number of hydrogen-bond donors (Lipinski definition) is 1. The van der Waals surface area contributed by atoms with E-state index >= 15 is 0 Å². The van der Waals surface area contributed by atoms with Crippen LogP contribution in [0.4, 0.5) is 5.82 Å². The van der Waals surface area contributed by atoms with Crippen LogP contribution in [0.3, 0.4) is 0 Å². The quantitative estimate of drug-likeness (QED) is 0.825.